The molecule has 90 valence electrons. The van der Waals surface area contributed by atoms with Crippen molar-refractivity contribution in [3.05, 3.63) is 35.9 Å². The number of thioether (sulfide) groups is 2. The normalized spacial score (nSPS) is 27.0. The molecule has 3 nitrogen and oxygen atoms in total. The molecule has 0 saturated carbocycles. The van der Waals surface area contributed by atoms with Crippen molar-refractivity contribution in [3.63, 3.8) is 0 Å². The minimum atomic E-state index is -0.130. The summed E-state index contributed by atoms with van der Waals surface area (Å²) in [7, 11) is 0. The van der Waals surface area contributed by atoms with Gasteiger partial charge in [-0.05, 0) is 12.5 Å². The largest absolute Gasteiger partial charge is 0.411 e. The van der Waals surface area contributed by atoms with Crippen LogP contribution in [0.25, 0.3) is 0 Å². The van der Waals surface area contributed by atoms with Crippen LogP contribution in [0.15, 0.2) is 40.5 Å². The maximum absolute atomic E-state index is 8.59. The van der Waals surface area contributed by atoms with Gasteiger partial charge in [-0.25, -0.2) is 0 Å². The third kappa shape index (κ3) is 3.51. The van der Waals surface area contributed by atoms with Crippen molar-refractivity contribution in [2.24, 2.45) is 10.1 Å². The molecule has 1 heterocycles. The Kier molecular flexibility index (Phi) is 4.12. The van der Waals surface area contributed by atoms with Crippen LogP contribution in [0.5, 0.6) is 0 Å². The van der Waals surface area contributed by atoms with E-state index >= 15 is 0 Å². The van der Waals surface area contributed by atoms with Crippen LogP contribution in [0, 0.1) is 0 Å². The molecule has 0 spiro atoms. The number of oxime groups is 1. The highest BCUT2D eigenvalue weighted by Gasteiger charge is 2.33. The van der Waals surface area contributed by atoms with Gasteiger partial charge in [0.15, 0.2) is 0 Å². The van der Waals surface area contributed by atoms with E-state index in [1.54, 1.807) is 29.7 Å². The number of aliphatic imine (C=N–C) groups is 1. The predicted octanol–water partition coefficient (Wildman–Crippen LogP) is 3.24. The van der Waals surface area contributed by atoms with Crippen molar-refractivity contribution in [3.8, 4) is 0 Å². The van der Waals surface area contributed by atoms with Crippen LogP contribution in [-0.2, 0) is 6.54 Å². The van der Waals surface area contributed by atoms with E-state index in [1.165, 1.54) is 5.56 Å². The zero-order valence-corrected chi connectivity index (χ0v) is 11.2. The molecule has 1 N–H and O–H groups in total. The number of hydrogen-bond donors (Lipinski definition) is 1. The summed E-state index contributed by atoms with van der Waals surface area (Å²) in [5.74, 6) is 0.898. The van der Waals surface area contributed by atoms with Crippen LogP contribution in [0.4, 0.5) is 0 Å². The minimum absolute atomic E-state index is 0.130. The summed E-state index contributed by atoms with van der Waals surface area (Å²) in [5.41, 5.74) is 1.21. The molecule has 1 aliphatic heterocycles. The Hall–Kier alpha value is -0.940. The van der Waals surface area contributed by atoms with Gasteiger partial charge in [0.25, 0.3) is 0 Å². The van der Waals surface area contributed by atoms with Crippen LogP contribution in [0.2, 0.25) is 0 Å². The molecule has 0 bridgehead atoms. The van der Waals surface area contributed by atoms with E-state index < -0.39 is 0 Å². The Morgan fingerprint density at radius 2 is 2.18 bits per heavy atom. The molecule has 0 radical (unpaired) electrons. The standard InChI is InChI=1S/C12H14N2OS2/c1-12(8-14-15)9-16-11(17-12)13-7-10-5-3-2-4-6-10/h2-6,8,15H,7,9H2,1H3. The van der Waals surface area contributed by atoms with Crippen molar-refractivity contribution in [1.82, 2.24) is 0 Å². The molecule has 1 atom stereocenters. The van der Waals surface area contributed by atoms with Crippen molar-refractivity contribution in [2.75, 3.05) is 5.75 Å². The van der Waals surface area contributed by atoms with E-state index in [9.17, 15) is 0 Å². The van der Waals surface area contributed by atoms with Crippen LogP contribution in [0.3, 0.4) is 0 Å². The molecule has 1 saturated heterocycles. The molecule has 17 heavy (non-hydrogen) atoms. The van der Waals surface area contributed by atoms with Crippen molar-refractivity contribution < 1.29 is 5.21 Å². The Morgan fingerprint density at radius 1 is 1.41 bits per heavy atom. The van der Waals surface area contributed by atoms with Gasteiger partial charge in [-0.15, -0.1) is 5.16 Å². The average molecular weight is 266 g/mol. The van der Waals surface area contributed by atoms with Gasteiger partial charge in [-0.2, -0.15) is 0 Å². The second-order valence-corrected chi connectivity index (χ2v) is 6.76. The monoisotopic (exact) mass is 266 g/mol. The van der Waals surface area contributed by atoms with Crippen LogP contribution in [-0.4, -0.2) is 26.3 Å². The number of rotatable bonds is 3. The molecule has 1 aromatic carbocycles. The molecule has 5 heteroatoms. The van der Waals surface area contributed by atoms with E-state index in [0.29, 0.717) is 6.54 Å². The van der Waals surface area contributed by atoms with Gasteiger partial charge in [0.05, 0.1) is 17.5 Å². The fraction of sp³-hybridized carbons (Fsp3) is 0.333. The maximum atomic E-state index is 8.59. The van der Waals surface area contributed by atoms with E-state index in [1.807, 2.05) is 18.2 Å². The Balaban J connectivity index is 1.97. The highest BCUT2D eigenvalue weighted by molar-refractivity contribution is 8.42. The van der Waals surface area contributed by atoms with Crippen molar-refractivity contribution >= 4 is 34.1 Å². The molecule has 2 rings (SSSR count). The summed E-state index contributed by atoms with van der Waals surface area (Å²) in [6.07, 6.45) is 1.58. The zero-order valence-electron chi connectivity index (χ0n) is 9.54. The van der Waals surface area contributed by atoms with Gasteiger partial charge < -0.3 is 5.21 Å². The number of nitrogens with zero attached hydrogens (tertiary/aromatic N) is 2. The molecule has 0 aromatic heterocycles. The molecule has 1 unspecified atom stereocenters. The highest BCUT2D eigenvalue weighted by atomic mass is 32.2. The van der Waals surface area contributed by atoms with Gasteiger partial charge in [-0.3, -0.25) is 4.99 Å². The minimum Gasteiger partial charge on any atom is -0.411 e. The molecule has 1 aliphatic rings. The second-order valence-electron chi connectivity index (χ2n) is 4.02. The molecular weight excluding hydrogens is 252 g/mol. The predicted molar refractivity (Wildman–Crippen MR) is 76.3 cm³/mol. The smallest absolute Gasteiger partial charge is 0.125 e. The highest BCUT2D eigenvalue weighted by Crippen LogP contribution is 2.40. The molecule has 1 fully saturated rings. The second kappa shape index (κ2) is 5.60. The first kappa shape index (κ1) is 12.5. The Labute approximate surface area is 109 Å². The number of hydrogen-bond acceptors (Lipinski definition) is 5. The summed E-state index contributed by atoms with van der Waals surface area (Å²) in [4.78, 5) is 4.57. The lowest BCUT2D eigenvalue weighted by molar-refractivity contribution is 0.320. The third-order valence-electron chi connectivity index (χ3n) is 2.37. The fourth-order valence-corrected chi connectivity index (χ4v) is 4.13. The summed E-state index contributed by atoms with van der Waals surface area (Å²) >= 11 is 3.38. The first-order chi connectivity index (χ1) is 8.22. The van der Waals surface area contributed by atoms with Gasteiger partial charge in [0.1, 0.15) is 4.38 Å². The van der Waals surface area contributed by atoms with Crippen LogP contribution < -0.4 is 0 Å². The summed E-state index contributed by atoms with van der Waals surface area (Å²) in [6, 6.07) is 10.2. The molecular formula is C12H14N2OS2. The quantitative estimate of drug-likeness (QED) is 0.519. The summed E-state index contributed by atoms with van der Waals surface area (Å²) in [6.45, 7) is 2.76. The molecule has 0 amide bonds. The lowest BCUT2D eigenvalue weighted by Gasteiger charge is -2.12. The third-order valence-corrected chi connectivity index (χ3v) is 5.29. The van der Waals surface area contributed by atoms with Crippen molar-refractivity contribution in [1.29, 1.82) is 0 Å². The molecule has 0 aliphatic carbocycles. The van der Waals surface area contributed by atoms with Crippen LogP contribution in [0.1, 0.15) is 12.5 Å². The first-order valence-corrected chi connectivity index (χ1v) is 7.11. The summed E-state index contributed by atoms with van der Waals surface area (Å²) < 4.78 is 0.936. The van der Waals surface area contributed by atoms with Crippen molar-refractivity contribution in [2.45, 2.75) is 18.2 Å². The van der Waals surface area contributed by atoms with E-state index in [2.05, 4.69) is 29.2 Å². The van der Waals surface area contributed by atoms with Gasteiger partial charge in [-0.1, -0.05) is 53.9 Å². The summed E-state index contributed by atoms with van der Waals surface area (Å²) in [5, 5.41) is 11.7. The first-order valence-electron chi connectivity index (χ1n) is 5.31. The Morgan fingerprint density at radius 3 is 2.88 bits per heavy atom. The van der Waals surface area contributed by atoms with E-state index in [0.717, 1.165) is 10.1 Å². The SMILES string of the molecule is CC1(C=NO)CSC(=NCc2ccccc2)S1. The number of benzene rings is 1. The van der Waals surface area contributed by atoms with Gasteiger partial charge in [0.2, 0.25) is 0 Å². The van der Waals surface area contributed by atoms with E-state index in [-0.39, 0.29) is 4.75 Å². The van der Waals surface area contributed by atoms with E-state index in [4.69, 9.17) is 5.21 Å². The Bertz CT molecular complexity index is 433. The zero-order chi connectivity index (χ0) is 12.1. The lowest BCUT2D eigenvalue weighted by Crippen LogP contribution is -2.21. The fourth-order valence-electron chi connectivity index (χ4n) is 1.47. The molecule has 1 aromatic rings. The lowest BCUT2D eigenvalue weighted by atomic mass is 10.2. The topological polar surface area (TPSA) is 45.0 Å². The maximum Gasteiger partial charge on any atom is 0.125 e. The van der Waals surface area contributed by atoms with Gasteiger partial charge in [0, 0.05) is 5.75 Å². The van der Waals surface area contributed by atoms with Gasteiger partial charge >= 0.3 is 0 Å². The van der Waals surface area contributed by atoms with Crippen LogP contribution >= 0.6 is 23.5 Å². The average Bonchev–Trinajstić information content (AvgIpc) is 2.70.